The summed E-state index contributed by atoms with van der Waals surface area (Å²) in [5.74, 6) is 0. The van der Waals surface area contributed by atoms with Gasteiger partial charge in [0.2, 0.25) is 0 Å². The Morgan fingerprint density at radius 3 is 1.23 bits per heavy atom. The quantitative estimate of drug-likeness (QED) is 0.0710. The van der Waals surface area contributed by atoms with Gasteiger partial charge in [0.05, 0.1) is 85.9 Å². The highest BCUT2D eigenvalue weighted by Gasteiger charge is 2.02. The molecule has 1 aromatic carbocycles. The Morgan fingerprint density at radius 2 is 0.812 bits per heavy atom. The van der Waals surface area contributed by atoms with Gasteiger partial charge in [-0.25, -0.2) is 4.79 Å². The largest absolute Gasteiger partial charge is 0.445 e. The second-order valence-corrected chi connectivity index (χ2v) is 11.9. The van der Waals surface area contributed by atoms with Crippen molar-refractivity contribution in [3.8, 4) is 0 Å². The maximum atomic E-state index is 11.6. The Labute approximate surface area is 292 Å². The number of ether oxygens (including phenoxy) is 8. The number of carbonyl (C=O) groups excluding carboxylic acids is 1. The summed E-state index contributed by atoms with van der Waals surface area (Å²) in [5, 5.41) is 2.65. The number of rotatable bonds is 38. The van der Waals surface area contributed by atoms with Gasteiger partial charge in [-0.05, 0) is 12.0 Å². The van der Waals surface area contributed by atoms with Gasteiger partial charge in [-0.2, -0.15) is 0 Å². The smallest absolute Gasteiger partial charge is 0.407 e. The molecule has 0 aliphatic heterocycles. The van der Waals surface area contributed by atoms with Crippen LogP contribution in [0.2, 0.25) is 0 Å². The van der Waals surface area contributed by atoms with E-state index in [-0.39, 0.29) is 6.61 Å². The van der Waals surface area contributed by atoms with Crippen molar-refractivity contribution < 1.29 is 42.7 Å². The molecular weight excluding hydrogens is 614 g/mol. The lowest BCUT2D eigenvalue weighted by Crippen LogP contribution is -2.28. The van der Waals surface area contributed by atoms with Crippen molar-refractivity contribution in [1.82, 2.24) is 5.32 Å². The van der Waals surface area contributed by atoms with Gasteiger partial charge in [-0.15, -0.1) is 0 Å². The molecule has 0 saturated carbocycles. The van der Waals surface area contributed by atoms with E-state index < -0.39 is 6.09 Å². The molecule has 10 nitrogen and oxygen atoms in total. The van der Waals surface area contributed by atoms with E-state index in [1.54, 1.807) is 0 Å². The molecule has 0 spiro atoms. The summed E-state index contributed by atoms with van der Waals surface area (Å²) in [6.45, 7) is 10.5. The molecule has 48 heavy (non-hydrogen) atoms. The first-order chi connectivity index (χ1) is 23.8. The average molecular weight is 684 g/mol. The lowest BCUT2D eigenvalue weighted by molar-refractivity contribution is -0.0204. The average Bonchev–Trinajstić information content (AvgIpc) is 3.11. The Balaban J connectivity index is 1.63. The van der Waals surface area contributed by atoms with Crippen molar-refractivity contribution in [1.29, 1.82) is 0 Å². The summed E-state index contributed by atoms with van der Waals surface area (Å²) in [6, 6.07) is 9.54. The van der Waals surface area contributed by atoms with Gasteiger partial charge in [0.1, 0.15) is 6.61 Å². The first-order valence-corrected chi connectivity index (χ1v) is 18.8. The van der Waals surface area contributed by atoms with Crippen LogP contribution in [0.4, 0.5) is 4.79 Å². The van der Waals surface area contributed by atoms with E-state index in [2.05, 4.69) is 12.2 Å². The Hall–Kier alpha value is -1.79. The van der Waals surface area contributed by atoms with Gasteiger partial charge in [0.15, 0.2) is 0 Å². The second-order valence-electron chi connectivity index (χ2n) is 11.9. The molecule has 0 unspecified atom stereocenters. The molecule has 0 radical (unpaired) electrons. The van der Waals surface area contributed by atoms with Crippen molar-refractivity contribution >= 4 is 6.09 Å². The molecule has 10 heteroatoms. The fourth-order valence-corrected chi connectivity index (χ4v) is 4.82. The van der Waals surface area contributed by atoms with E-state index in [9.17, 15) is 4.79 Å². The number of benzene rings is 1. The fraction of sp³-hybridized carbons (Fsp3) is 0.816. The van der Waals surface area contributed by atoms with Gasteiger partial charge < -0.3 is 43.2 Å². The summed E-state index contributed by atoms with van der Waals surface area (Å²) >= 11 is 0. The second kappa shape index (κ2) is 38.0. The number of hydrogen-bond donors (Lipinski definition) is 1. The van der Waals surface area contributed by atoms with Crippen LogP contribution < -0.4 is 5.32 Å². The van der Waals surface area contributed by atoms with Crippen molar-refractivity contribution in [2.75, 3.05) is 99.0 Å². The molecule has 0 aromatic heterocycles. The minimum Gasteiger partial charge on any atom is -0.445 e. The van der Waals surface area contributed by atoms with E-state index in [1.165, 1.54) is 83.5 Å². The molecule has 0 aliphatic carbocycles. The number of alkyl carbamates (subject to hydrolysis) is 1. The number of carbonyl (C=O) groups is 1. The lowest BCUT2D eigenvalue weighted by Gasteiger charge is -2.09. The summed E-state index contributed by atoms with van der Waals surface area (Å²) in [4.78, 5) is 11.6. The van der Waals surface area contributed by atoms with Crippen molar-refractivity contribution in [2.24, 2.45) is 0 Å². The molecule has 280 valence electrons. The van der Waals surface area contributed by atoms with Crippen molar-refractivity contribution in [2.45, 2.75) is 103 Å². The highest BCUT2D eigenvalue weighted by molar-refractivity contribution is 5.67. The van der Waals surface area contributed by atoms with Crippen LogP contribution in [0, 0.1) is 0 Å². The van der Waals surface area contributed by atoms with Crippen LogP contribution in [0.5, 0.6) is 0 Å². The molecule has 1 rings (SSSR count). The van der Waals surface area contributed by atoms with Crippen LogP contribution >= 0.6 is 0 Å². The SMILES string of the molecule is CCCCCCCCCCCCCCCCOCCOCCOCCOCCOCCOCCOCCNC(=O)OCc1ccccc1. The van der Waals surface area contributed by atoms with Gasteiger partial charge >= 0.3 is 6.09 Å². The molecule has 1 amide bonds. The Bertz CT molecular complexity index is 772. The maximum Gasteiger partial charge on any atom is 0.407 e. The molecule has 1 N–H and O–H groups in total. The van der Waals surface area contributed by atoms with Crippen LogP contribution in [0.25, 0.3) is 0 Å². The zero-order valence-corrected chi connectivity index (χ0v) is 30.3. The highest BCUT2D eigenvalue weighted by atomic mass is 16.6. The summed E-state index contributed by atoms with van der Waals surface area (Å²) in [5.41, 5.74) is 0.946. The minimum absolute atomic E-state index is 0.246. The zero-order chi connectivity index (χ0) is 34.3. The third kappa shape index (κ3) is 34.1. The first-order valence-electron chi connectivity index (χ1n) is 18.8. The van der Waals surface area contributed by atoms with Crippen LogP contribution in [-0.2, 0) is 44.5 Å². The first kappa shape index (κ1) is 44.2. The van der Waals surface area contributed by atoms with Gasteiger partial charge in [0, 0.05) is 13.2 Å². The predicted octanol–water partition coefficient (Wildman–Crippen LogP) is 7.51. The summed E-state index contributed by atoms with van der Waals surface area (Å²) in [6.07, 6.45) is 18.8. The van der Waals surface area contributed by atoms with Crippen LogP contribution in [0.1, 0.15) is 102 Å². The molecule has 0 fully saturated rings. The fourth-order valence-electron chi connectivity index (χ4n) is 4.82. The van der Waals surface area contributed by atoms with Gasteiger partial charge in [-0.3, -0.25) is 0 Å². The molecule has 0 bridgehead atoms. The standard InChI is InChI=1S/C38H69NO9/c1-2-3-4-5-6-7-8-9-10-11-12-13-14-18-22-41-24-26-43-28-30-45-32-34-47-35-33-46-31-29-44-27-25-42-23-21-39-38(40)48-36-37-19-16-15-17-20-37/h15-17,19-20H,2-14,18,21-36H2,1H3,(H,39,40). The number of amides is 1. The van der Waals surface area contributed by atoms with Crippen LogP contribution in [-0.4, -0.2) is 105 Å². The predicted molar refractivity (Wildman–Crippen MR) is 191 cm³/mol. The van der Waals surface area contributed by atoms with E-state index in [1.807, 2.05) is 30.3 Å². The topological polar surface area (TPSA) is 103 Å². The summed E-state index contributed by atoms with van der Waals surface area (Å²) < 4.78 is 43.8. The minimum atomic E-state index is -0.459. The zero-order valence-electron chi connectivity index (χ0n) is 30.3. The third-order valence-electron chi connectivity index (χ3n) is 7.60. The van der Waals surface area contributed by atoms with Gasteiger partial charge in [0.25, 0.3) is 0 Å². The number of unbranched alkanes of at least 4 members (excludes halogenated alkanes) is 13. The van der Waals surface area contributed by atoms with Gasteiger partial charge in [-0.1, -0.05) is 121 Å². The highest BCUT2D eigenvalue weighted by Crippen LogP contribution is 2.13. The normalized spacial score (nSPS) is 11.3. The molecule has 0 heterocycles. The molecule has 1 aromatic rings. The van der Waals surface area contributed by atoms with E-state index in [4.69, 9.17) is 37.9 Å². The molecular formula is C38H69NO9. The van der Waals surface area contributed by atoms with E-state index in [0.717, 1.165) is 18.6 Å². The summed E-state index contributed by atoms with van der Waals surface area (Å²) in [7, 11) is 0. The van der Waals surface area contributed by atoms with E-state index in [0.29, 0.717) is 92.4 Å². The van der Waals surface area contributed by atoms with Crippen molar-refractivity contribution in [3.05, 3.63) is 35.9 Å². The van der Waals surface area contributed by atoms with E-state index >= 15 is 0 Å². The third-order valence-corrected chi connectivity index (χ3v) is 7.60. The van der Waals surface area contributed by atoms with Crippen molar-refractivity contribution in [3.63, 3.8) is 0 Å². The lowest BCUT2D eigenvalue weighted by atomic mass is 10.0. The molecule has 0 saturated heterocycles. The molecule has 0 aliphatic rings. The Kier molecular flexibility index (Phi) is 35.0. The van der Waals surface area contributed by atoms with Crippen LogP contribution in [0.3, 0.4) is 0 Å². The Morgan fingerprint density at radius 1 is 0.458 bits per heavy atom. The monoisotopic (exact) mass is 683 g/mol. The van der Waals surface area contributed by atoms with Crippen LogP contribution in [0.15, 0.2) is 30.3 Å². The maximum absolute atomic E-state index is 11.6. The number of hydrogen-bond acceptors (Lipinski definition) is 9. The molecule has 0 atom stereocenters. The number of nitrogens with one attached hydrogen (secondary N) is 1.